The lowest BCUT2D eigenvalue weighted by atomic mass is 9.79. The zero-order valence-corrected chi connectivity index (χ0v) is 15.7. The van der Waals surface area contributed by atoms with Gasteiger partial charge < -0.3 is 15.0 Å². The van der Waals surface area contributed by atoms with Gasteiger partial charge in [0.25, 0.3) is 0 Å². The van der Waals surface area contributed by atoms with Crippen molar-refractivity contribution in [2.75, 3.05) is 13.1 Å². The predicted molar refractivity (Wildman–Crippen MR) is 94.5 cm³/mol. The van der Waals surface area contributed by atoms with Crippen molar-refractivity contribution in [1.29, 1.82) is 0 Å². The first-order valence-electron chi connectivity index (χ1n) is 9.48. The molecule has 2 rings (SSSR count). The van der Waals surface area contributed by atoms with Gasteiger partial charge in [0.2, 0.25) is 0 Å². The van der Waals surface area contributed by atoms with E-state index in [9.17, 15) is 4.79 Å². The molecule has 1 saturated carbocycles. The minimum absolute atomic E-state index is 0.155. The molecule has 1 amide bonds. The first-order valence-corrected chi connectivity index (χ1v) is 9.48. The van der Waals surface area contributed by atoms with Crippen molar-refractivity contribution in [3.8, 4) is 0 Å². The molecule has 0 aromatic rings. The summed E-state index contributed by atoms with van der Waals surface area (Å²) in [5.41, 5.74) is -0.408. The number of nitrogens with zero attached hydrogens (tertiary/aromatic N) is 1. The van der Waals surface area contributed by atoms with Crippen LogP contribution in [0.2, 0.25) is 0 Å². The minimum atomic E-state index is -0.408. The monoisotopic (exact) mass is 324 g/mol. The lowest BCUT2D eigenvalue weighted by molar-refractivity contribution is 0.0255. The fourth-order valence-corrected chi connectivity index (χ4v) is 3.84. The molecule has 2 aliphatic rings. The molecule has 4 unspecified atom stereocenters. The largest absolute Gasteiger partial charge is 0.444 e. The molecule has 134 valence electrons. The Morgan fingerprint density at radius 1 is 1.09 bits per heavy atom. The zero-order chi connectivity index (χ0) is 17.0. The van der Waals surface area contributed by atoms with Crippen LogP contribution in [-0.2, 0) is 4.74 Å². The van der Waals surface area contributed by atoms with Gasteiger partial charge in [0.1, 0.15) is 5.60 Å². The summed E-state index contributed by atoms with van der Waals surface area (Å²) in [5, 5.41) is 3.91. The number of amides is 1. The third-order valence-corrected chi connectivity index (χ3v) is 5.29. The van der Waals surface area contributed by atoms with Crippen molar-refractivity contribution in [3.63, 3.8) is 0 Å². The van der Waals surface area contributed by atoms with E-state index in [2.05, 4.69) is 19.2 Å². The smallest absolute Gasteiger partial charge is 0.410 e. The highest BCUT2D eigenvalue weighted by atomic mass is 16.6. The molecule has 4 heteroatoms. The molecular weight excluding hydrogens is 288 g/mol. The van der Waals surface area contributed by atoms with Crippen molar-refractivity contribution >= 4 is 6.09 Å². The molecule has 1 aliphatic heterocycles. The fraction of sp³-hybridized carbons (Fsp3) is 0.947. The van der Waals surface area contributed by atoms with Gasteiger partial charge in [-0.15, -0.1) is 0 Å². The van der Waals surface area contributed by atoms with E-state index in [0.717, 1.165) is 44.2 Å². The summed E-state index contributed by atoms with van der Waals surface area (Å²) in [6.07, 6.45) is 7.12. The number of rotatable bonds is 2. The molecule has 1 aliphatic carbocycles. The van der Waals surface area contributed by atoms with Gasteiger partial charge in [-0.3, -0.25) is 0 Å². The Morgan fingerprint density at radius 2 is 1.83 bits per heavy atom. The molecule has 23 heavy (non-hydrogen) atoms. The summed E-state index contributed by atoms with van der Waals surface area (Å²) in [5.74, 6) is 1.61. The normalized spacial score (nSPS) is 33.2. The van der Waals surface area contributed by atoms with Gasteiger partial charge in [-0.05, 0) is 64.7 Å². The van der Waals surface area contributed by atoms with E-state index in [1.807, 2.05) is 25.7 Å². The van der Waals surface area contributed by atoms with Crippen LogP contribution < -0.4 is 5.32 Å². The third-order valence-electron chi connectivity index (χ3n) is 5.29. The summed E-state index contributed by atoms with van der Waals surface area (Å²) in [6.45, 7) is 12.2. The Labute approximate surface area is 142 Å². The SMILES string of the molecule is CC1CCC(C)C(NC2CCCN(C(=O)OC(C)(C)C)CC2)C1. The van der Waals surface area contributed by atoms with E-state index in [-0.39, 0.29) is 6.09 Å². The van der Waals surface area contributed by atoms with E-state index in [0.29, 0.717) is 12.1 Å². The standard InChI is InChI=1S/C19H36N2O2/c1-14-8-9-15(2)17(13-14)20-16-7-6-11-21(12-10-16)18(22)23-19(3,4)5/h14-17,20H,6-13H2,1-5H3. The second kappa shape index (κ2) is 7.87. The summed E-state index contributed by atoms with van der Waals surface area (Å²) < 4.78 is 5.52. The molecule has 1 heterocycles. The van der Waals surface area contributed by atoms with Crippen LogP contribution in [-0.4, -0.2) is 41.8 Å². The van der Waals surface area contributed by atoms with Gasteiger partial charge in [-0.2, -0.15) is 0 Å². The molecule has 4 atom stereocenters. The maximum atomic E-state index is 12.2. The van der Waals surface area contributed by atoms with Crippen LogP contribution >= 0.6 is 0 Å². The number of ether oxygens (including phenoxy) is 1. The lowest BCUT2D eigenvalue weighted by Gasteiger charge is -2.36. The Morgan fingerprint density at radius 3 is 2.52 bits per heavy atom. The van der Waals surface area contributed by atoms with Gasteiger partial charge >= 0.3 is 6.09 Å². The highest BCUT2D eigenvalue weighted by molar-refractivity contribution is 5.68. The highest BCUT2D eigenvalue weighted by Crippen LogP contribution is 2.29. The van der Waals surface area contributed by atoms with Crippen LogP contribution in [0.4, 0.5) is 4.79 Å². The van der Waals surface area contributed by atoms with Gasteiger partial charge in [-0.25, -0.2) is 4.79 Å². The molecule has 0 aromatic carbocycles. The van der Waals surface area contributed by atoms with E-state index in [1.165, 1.54) is 19.3 Å². The van der Waals surface area contributed by atoms with Crippen molar-refractivity contribution in [1.82, 2.24) is 10.2 Å². The summed E-state index contributed by atoms with van der Waals surface area (Å²) in [6, 6.07) is 1.19. The van der Waals surface area contributed by atoms with Crippen LogP contribution in [0, 0.1) is 11.8 Å². The first-order chi connectivity index (χ1) is 10.7. The van der Waals surface area contributed by atoms with Gasteiger partial charge in [0.05, 0.1) is 0 Å². The number of nitrogens with one attached hydrogen (secondary N) is 1. The average molecular weight is 325 g/mol. The van der Waals surface area contributed by atoms with Crippen molar-refractivity contribution < 1.29 is 9.53 Å². The van der Waals surface area contributed by atoms with E-state index in [1.54, 1.807) is 0 Å². The molecule has 0 bridgehead atoms. The second-order valence-electron chi connectivity index (χ2n) is 8.76. The highest BCUT2D eigenvalue weighted by Gasteiger charge is 2.29. The van der Waals surface area contributed by atoms with Gasteiger partial charge in [-0.1, -0.05) is 20.3 Å². The number of hydrogen-bond acceptors (Lipinski definition) is 3. The summed E-state index contributed by atoms with van der Waals surface area (Å²) in [7, 11) is 0. The number of carbonyl (C=O) groups is 1. The number of carbonyl (C=O) groups excluding carboxylic acids is 1. The van der Waals surface area contributed by atoms with Crippen molar-refractivity contribution in [2.24, 2.45) is 11.8 Å². The van der Waals surface area contributed by atoms with Crippen molar-refractivity contribution in [3.05, 3.63) is 0 Å². The van der Waals surface area contributed by atoms with Crippen LogP contribution in [0.1, 0.15) is 73.1 Å². The van der Waals surface area contributed by atoms with Crippen LogP contribution in [0.3, 0.4) is 0 Å². The quantitative estimate of drug-likeness (QED) is 0.828. The molecular formula is C19H36N2O2. The maximum absolute atomic E-state index is 12.2. The van der Waals surface area contributed by atoms with E-state index in [4.69, 9.17) is 4.74 Å². The Kier molecular flexibility index (Phi) is 6.35. The van der Waals surface area contributed by atoms with E-state index < -0.39 is 5.60 Å². The Bertz CT molecular complexity index is 391. The second-order valence-corrected chi connectivity index (χ2v) is 8.76. The molecule has 0 aromatic heterocycles. The number of hydrogen-bond donors (Lipinski definition) is 1. The minimum Gasteiger partial charge on any atom is -0.444 e. The van der Waals surface area contributed by atoms with Gasteiger partial charge in [0, 0.05) is 25.2 Å². The number of likely N-dealkylation sites (tertiary alicyclic amines) is 1. The molecule has 4 nitrogen and oxygen atoms in total. The summed E-state index contributed by atoms with van der Waals surface area (Å²) in [4.78, 5) is 14.1. The third kappa shape index (κ3) is 5.98. The molecule has 2 fully saturated rings. The van der Waals surface area contributed by atoms with Gasteiger partial charge in [0.15, 0.2) is 0 Å². The van der Waals surface area contributed by atoms with Crippen LogP contribution in [0.15, 0.2) is 0 Å². The predicted octanol–water partition coefficient (Wildman–Crippen LogP) is 4.19. The lowest BCUT2D eigenvalue weighted by Crippen LogP contribution is -2.45. The van der Waals surface area contributed by atoms with Crippen LogP contribution in [0.5, 0.6) is 0 Å². The molecule has 0 radical (unpaired) electrons. The fourth-order valence-electron chi connectivity index (χ4n) is 3.84. The maximum Gasteiger partial charge on any atom is 0.410 e. The Hall–Kier alpha value is -0.770. The zero-order valence-electron chi connectivity index (χ0n) is 15.7. The molecule has 1 saturated heterocycles. The van der Waals surface area contributed by atoms with E-state index >= 15 is 0 Å². The topological polar surface area (TPSA) is 41.6 Å². The Balaban J connectivity index is 1.82. The first kappa shape index (κ1) is 18.6. The summed E-state index contributed by atoms with van der Waals surface area (Å²) >= 11 is 0. The molecule has 0 spiro atoms. The average Bonchev–Trinajstić information content (AvgIpc) is 2.67. The molecule has 1 N–H and O–H groups in total. The van der Waals surface area contributed by atoms with Crippen molar-refractivity contribution in [2.45, 2.75) is 90.8 Å². The van der Waals surface area contributed by atoms with Crippen LogP contribution in [0.25, 0.3) is 0 Å².